The minimum absolute atomic E-state index is 0.243. The van der Waals surface area contributed by atoms with E-state index in [1.807, 2.05) is 24.7 Å². The molecule has 0 saturated carbocycles. The van der Waals surface area contributed by atoms with E-state index in [1.165, 1.54) is 6.07 Å². The number of benzene rings is 1. The molecule has 0 aliphatic heterocycles. The smallest absolute Gasteiger partial charge is 0.142 e. The van der Waals surface area contributed by atoms with Crippen LogP contribution in [0.2, 0.25) is 0 Å². The molecule has 0 fully saturated rings. The predicted molar refractivity (Wildman–Crippen MR) is 61.4 cm³/mol. The van der Waals surface area contributed by atoms with Crippen LogP contribution in [0.25, 0.3) is 11.4 Å². The highest BCUT2D eigenvalue weighted by Crippen LogP contribution is 2.21. The van der Waals surface area contributed by atoms with Crippen LogP contribution >= 0.6 is 0 Å². The van der Waals surface area contributed by atoms with Gasteiger partial charge in [0.25, 0.3) is 0 Å². The van der Waals surface area contributed by atoms with Crippen molar-refractivity contribution in [2.75, 3.05) is 7.05 Å². The number of hydrogen-bond donors (Lipinski definition) is 1. The fourth-order valence-corrected chi connectivity index (χ4v) is 1.68. The van der Waals surface area contributed by atoms with Crippen LogP contribution in [0.5, 0.6) is 0 Å². The van der Waals surface area contributed by atoms with E-state index in [0.717, 1.165) is 12.2 Å². The number of imidazole rings is 1. The van der Waals surface area contributed by atoms with E-state index in [4.69, 9.17) is 0 Å². The summed E-state index contributed by atoms with van der Waals surface area (Å²) in [5, 5.41) is 3.05. The summed E-state index contributed by atoms with van der Waals surface area (Å²) in [5.74, 6) is 0.413. The van der Waals surface area contributed by atoms with Gasteiger partial charge in [0.05, 0.1) is 17.5 Å². The molecule has 1 N–H and O–H groups in total. The van der Waals surface area contributed by atoms with Crippen LogP contribution in [0.1, 0.15) is 5.69 Å². The van der Waals surface area contributed by atoms with Crippen molar-refractivity contribution < 1.29 is 4.39 Å². The molecule has 1 aromatic carbocycles. The number of aromatic nitrogens is 2. The van der Waals surface area contributed by atoms with E-state index in [-0.39, 0.29) is 5.82 Å². The van der Waals surface area contributed by atoms with Gasteiger partial charge in [0.2, 0.25) is 0 Å². The molecule has 16 heavy (non-hydrogen) atoms. The third kappa shape index (κ3) is 1.84. The summed E-state index contributed by atoms with van der Waals surface area (Å²) in [4.78, 5) is 4.25. The van der Waals surface area contributed by atoms with Crippen molar-refractivity contribution in [1.29, 1.82) is 0 Å². The molecule has 0 radical (unpaired) electrons. The van der Waals surface area contributed by atoms with Crippen molar-refractivity contribution in [1.82, 2.24) is 14.9 Å². The lowest BCUT2D eigenvalue weighted by atomic mass is 10.2. The fourth-order valence-electron chi connectivity index (χ4n) is 1.68. The van der Waals surface area contributed by atoms with E-state index < -0.39 is 0 Å². The highest BCUT2D eigenvalue weighted by atomic mass is 19.1. The summed E-state index contributed by atoms with van der Waals surface area (Å²) in [6.45, 7) is 0.720. The van der Waals surface area contributed by atoms with Gasteiger partial charge >= 0.3 is 0 Å². The van der Waals surface area contributed by atoms with Gasteiger partial charge in [0.1, 0.15) is 11.6 Å². The molecule has 2 aromatic rings. The molecule has 0 saturated heterocycles. The summed E-state index contributed by atoms with van der Waals surface area (Å²) in [6.07, 6.45) is 1.76. The molecule has 1 aromatic heterocycles. The molecule has 84 valence electrons. The molecule has 0 aliphatic carbocycles. The van der Waals surface area contributed by atoms with Crippen molar-refractivity contribution in [3.63, 3.8) is 0 Å². The molecular weight excluding hydrogens is 205 g/mol. The van der Waals surface area contributed by atoms with Crippen molar-refractivity contribution in [2.24, 2.45) is 7.05 Å². The number of nitrogens with one attached hydrogen (secondary N) is 1. The Kier molecular flexibility index (Phi) is 3.01. The molecule has 0 atom stereocenters. The zero-order chi connectivity index (χ0) is 11.5. The van der Waals surface area contributed by atoms with E-state index in [1.54, 1.807) is 18.3 Å². The Morgan fingerprint density at radius 1 is 1.38 bits per heavy atom. The summed E-state index contributed by atoms with van der Waals surface area (Å²) in [5.41, 5.74) is 1.56. The molecule has 0 bridgehead atoms. The van der Waals surface area contributed by atoms with Crippen LogP contribution in [0.3, 0.4) is 0 Å². The number of rotatable bonds is 3. The first kappa shape index (κ1) is 10.8. The second-order valence-corrected chi connectivity index (χ2v) is 3.64. The van der Waals surface area contributed by atoms with E-state index in [0.29, 0.717) is 11.4 Å². The molecule has 4 heteroatoms. The topological polar surface area (TPSA) is 29.9 Å². The number of hydrogen-bond acceptors (Lipinski definition) is 2. The second-order valence-electron chi connectivity index (χ2n) is 3.64. The zero-order valence-corrected chi connectivity index (χ0v) is 9.37. The average molecular weight is 219 g/mol. The van der Waals surface area contributed by atoms with Crippen LogP contribution in [0, 0.1) is 5.82 Å². The highest BCUT2D eigenvalue weighted by molar-refractivity contribution is 5.56. The van der Waals surface area contributed by atoms with Gasteiger partial charge in [0, 0.05) is 13.6 Å². The van der Waals surface area contributed by atoms with Gasteiger partial charge in [-0.2, -0.15) is 0 Å². The molecule has 0 unspecified atom stereocenters. The minimum Gasteiger partial charge on any atom is -0.330 e. The Hall–Kier alpha value is -1.68. The lowest BCUT2D eigenvalue weighted by Gasteiger charge is -2.06. The number of nitrogens with zero attached hydrogens (tertiary/aromatic N) is 2. The van der Waals surface area contributed by atoms with Crippen LogP contribution in [0.15, 0.2) is 30.5 Å². The molecule has 3 nitrogen and oxygen atoms in total. The predicted octanol–water partition coefficient (Wildman–Crippen LogP) is 1.95. The molecule has 1 heterocycles. The lowest BCUT2D eigenvalue weighted by molar-refractivity contribution is 0.628. The van der Waals surface area contributed by atoms with Gasteiger partial charge in [-0.1, -0.05) is 12.1 Å². The van der Waals surface area contributed by atoms with Crippen molar-refractivity contribution in [2.45, 2.75) is 6.54 Å². The first-order chi connectivity index (χ1) is 7.74. The van der Waals surface area contributed by atoms with Crippen LogP contribution in [0.4, 0.5) is 4.39 Å². The second kappa shape index (κ2) is 4.45. The summed E-state index contributed by atoms with van der Waals surface area (Å²) in [6, 6.07) is 6.67. The highest BCUT2D eigenvalue weighted by Gasteiger charge is 2.11. The molecule has 0 amide bonds. The largest absolute Gasteiger partial charge is 0.330 e. The molecule has 0 aliphatic rings. The maximum absolute atomic E-state index is 13.6. The minimum atomic E-state index is -0.243. The van der Waals surface area contributed by atoms with Gasteiger partial charge in [0.15, 0.2) is 0 Å². The van der Waals surface area contributed by atoms with Crippen molar-refractivity contribution >= 4 is 0 Å². The Morgan fingerprint density at radius 2 is 2.12 bits per heavy atom. The average Bonchev–Trinajstić information content (AvgIpc) is 2.62. The van der Waals surface area contributed by atoms with Gasteiger partial charge in [-0.3, -0.25) is 0 Å². The SMILES string of the molecule is CNCc1cnc(-c2ccccc2F)n1C. The maximum Gasteiger partial charge on any atom is 0.142 e. The van der Waals surface area contributed by atoms with Crippen LogP contribution in [-0.4, -0.2) is 16.6 Å². The Balaban J connectivity index is 2.45. The molecule has 0 spiro atoms. The van der Waals surface area contributed by atoms with Crippen molar-refractivity contribution in [3.8, 4) is 11.4 Å². The van der Waals surface area contributed by atoms with Gasteiger partial charge in [-0.15, -0.1) is 0 Å². The third-order valence-corrected chi connectivity index (χ3v) is 2.56. The normalized spacial score (nSPS) is 10.7. The summed E-state index contributed by atoms with van der Waals surface area (Å²) < 4.78 is 15.5. The Labute approximate surface area is 93.9 Å². The van der Waals surface area contributed by atoms with Gasteiger partial charge in [-0.05, 0) is 19.2 Å². The van der Waals surface area contributed by atoms with E-state index in [2.05, 4.69) is 10.3 Å². The van der Waals surface area contributed by atoms with Gasteiger partial charge in [-0.25, -0.2) is 9.37 Å². The van der Waals surface area contributed by atoms with Crippen LogP contribution < -0.4 is 5.32 Å². The van der Waals surface area contributed by atoms with Crippen molar-refractivity contribution in [3.05, 3.63) is 42.0 Å². The van der Waals surface area contributed by atoms with Crippen LogP contribution in [-0.2, 0) is 13.6 Å². The standard InChI is InChI=1S/C12H14FN3/c1-14-7-9-8-15-12(16(9)2)10-5-3-4-6-11(10)13/h3-6,8,14H,7H2,1-2H3. The zero-order valence-electron chi connectivity index (χ0n) is 9.37. The van der Waals surface area contributed by atoms with E-state index >= 15 is 0 Å². The third-order valence-electron chi connectivity index (χ3n) is 2.56. The summed E-state index contributed by atoms with van der Waals surface area (Å²) >= 11 is 0. The first-order valence-corrected chi connectivity index (χ1v) is 5.14. The maximum atomic E-state index is 13.6. The monoisotopic (exact) mass is 219 g/mol. The number of halogens is 1. The summed E-state index contributed by atoms with van der Waals surface area (Å²) in [7, 11) is 3.76. The van der Waals surface area contributed by atoms with E-state index in [9.17, 15) is 4.39 Å². The molecule has 2 rings (SSSR count). The first-order valence-electron chi connectivity index (χ1n) is 5.14. The Bertz CT molecular complexity index is 491. The quantitative estimate of drug-likeness (QED) is 0.855. The lowest BCUT2D eigenvalue weighted by Crippen LogP contribution is -2.09. The van der Waals surface area contributed by atoms with Gasteiger partial charge < -0.3 is 9.88 Å². The fraction of sp³-hybridized carbons (Fsp3) is 0.250. The Morgan fingerprint density at radius 3 is 2.81 bits per heavy atom. The molecular formula is C12H14FN3.